The molecule has 78 valence electrons. The number of hydrogen-bond acceptors (Lipinski definition) is 3. The molecule has 1 aliphatic heterocycles. The summed E-state index contributed by atoms with van der Waals surface area (Å²) in [6, 6.07) is 0.811. The molecule has 0 aliphatic carbocycles. The van der Waals surface area contributed by atoms with Crippen molar-refractivity contribution in [2.45, 2.75) is 25.8 Å². The molecule has 13 heavy (non-hydrogen) atoms. The van der Waals surface area contributed by atoms with Gasteiger partial charge in [-0.3, -0.25) is 0 Å². The Morgan fingerprint density at radius 3 is 2.85 bits per heavy atom. The molecule has 1 fully saturated rings. The highest BCUT2D eigenvalue weighted by Crippen LogP contribution is 2.22. The van der Waals surface area contributed by atoms with Crippen LogP contribution in [-0.2, 0) is 0 Å². The Kier molecular flexibility index (Phi) is 5.14. The summed E-state index contributed by atoms with van der Waals surface area (Å²) in [4.78, 5) is 2.50. The second kappa shape index (κ2) is 5.89. The third-order valence-electron chi connectivity index (χ3n) is 2.99. The van der Waals surface area contributed by atoms with Gasteiger partial charge in [-0.15, -0.1) is 0 Å². The molecule has 2 N–H and O–H groups in total. The van der Waals surface area contributed by atoms with Crippen LogP contribution in [0.25, 0.3) is 0 Å². The molecule has 0 amide bonds. The minimum Gasteiger partial charge on any atom is -0.330 e. The van der Waals surface area contributed by atoms with Crippen LogP contribution in [0.3, 0.4) is 0 Å². The van der Waals surface area contributed by atoms with E-state index in [0.717, 1.165) is 12.6 Å². The molecule has 2 nitrogen and oxygen atoms in total. The van der Waals surface area contributed by atoms with Crippen molar-refractivity contribution < 1.29 is 0 Å². The molecule has 2 atom stereocenters. The van der Waals surface area contributed by atoms with E-state index >= 15 is 0 Å². The summed E-state index contributed by atoms with van der Waals surface area (Å²) in [7, 11) is 2.24. The minimum atomic E-state index is 0.690. The van der Waals surface area contributed by atoms with Gasteiger partial charge in [-0.2, -0.15) is 11.8 Å². The van der Waals surface area contributed by atoms with E-state index in [2.05, 4.69) is 30.6 Å². The highest BCUT2D eigenvalue weighted by molar-refractivity contribution is 7.99. The molecule has 0 radical (unpaired) electrons. The molecule has 3 heteroatoms. The highest BCUT2D eigenvalue weighted by atomic mass is 32.2. The minimum absolute atomic E-state index is 0.690. The van der Waals surface area contributed by atoms with Gasteiger partial charge in [0.25, 0.3) is 0 Å². The molecule has 0 spiro atoms. The van der Waals surface area contributed by atoms with Crippen LogP contribution in [0, 0.1) is 5.92 Å². The van der Waals surface area contributed by atoms with Crippen molar-refractivity contribution in [2.75, 3.05) is 31.6 Å². The SMILES string of the molecule is CCC(CN)CN(C)C1CCSC1. The molecular weight excluding hydrogens is 180 g/mol. The molecule has 0 bridgehead atoms. The van der Waals surface area contributed by atoms with Gasteiger partial charge in [-0.25, -0.2) is 0 Å². The standard InChI is InChI=1S/C10H22N2S/c1-3-9(6-11)7-12(2)10-4-5-13-8-10/h9-10H,3-8,11H2,1-2H3. The van der Waals surface area contributed by atoms with Crippen LogP contribution < -0.4 is 5.73 Å². The number of hydrogen-bond donors (Lipinski definition) is 1. The predicted molar refractivity (Wildman–Crippen MR) is 61.2 cm³/mol. The second-order valence-corrected chi connectivity index (χ2v) is 5.12. The zero-order chi connectivity index (χ0) is 9.68. The zero-order valence-corrected chi connectivity index (χ0v) is 9.65. The summed E-state index contributed by atoms with van der Waals surface area (Å²) in [6.45, 7) is 4.24. The Bertz CT molecular complexity index is 131. The lowest BCUT2D eigenvalue weighted by atomic mass is 10.1. The van der Waals surface area contributed by atoms with Crippen LogP contribution in [0.1, 0.15) is 19.8 Å². The number of rotatable bonds is 5. The van der Waals surface area contributed by atoms with Crippen molar-refractivity contribution in [1.29, 1.82) is 0 Å². The van der Waals surface area contributed by atoms with Crippen LogP contribution in [-0.4, -0.2) is 42.6 Å². The van der Waals surface area contributed by atoms with Gasteiger partial charge in [0.2, 0.25) is 0 Å². The largest absolute Gasteiger partial charge is 0.330 e. The Morgan fingerprint density at radius 1 is 1.62 bits per heavy atom. The van der Waals surface area contributed by atoms with Crippen molar-refractivity contribution in [3.8, 4) is 0 Å². The number of thioether (sulfide) groups is 1. The van der Waals surface area contributed by atoms with E-state index < -0.39 is 0 Å². The molecule has 1 heterocycles. The molecule has 0 aromatic heterocycles. The van der Waals surface area contributed by atoms with Crippen LogP contribution in [0.4, 0.5) is 0 Å². The molecule has 0 aromatic rings. The van der Waals surface area contributed by atoms with E-state index in [4.69, 9.17) is 5.73 Å². The van der Waals surface area contributed by atoms with E-state index in [-0.39, 0.29) is 0 Å². The molecule has 1 rings (SSSR count). The monoisotopic (exact) mass is 202 g/mol. The van der Waals surface area contributed by atoms with E-state index in [1.54, 1.807) is 0 Å². The van der Waals surface area contributed by atoms with Crippen LogP contribution in [0.5, 0.6) is 0 Å². The predicted octanol–water partition coefficient (Wildman–Crippen LogP) is 1.41. The Labute approximate surface area is 86.2 Å². The molecule has 0 aromatic carbocycles. The summed E-state index contributed by atoms with van der Waals surface area (Å²) in [5.74, 6) is 3.35. The lowest BCUT2D eigenvalue weighted by Crippen LogP contribution is -2.37. The Morgan fingerprint density at radius 2 is 2.38 bits per heavy atom. The van der Waals surface area contributed by atoms with Crippen LogP contribution in [0.15, 0.2) is 0 Å². The Hall–Kier alpha value is 0.270. The van der Waals surface area contributed by atoms with Gasteiger partial charge in [-0.1, -0.05) is 13.3 Å². The summed E-state index contributed by atoms with van der Waals surface area (Å²) in [6.07, 6.45) is 2.57. The molecule has 1 saturated heterocycles. The quantitative estimate of drug-likeness (QED) is 0.731. The third kappa shape index (κ3) is 3.49. The average molecular weight is 202 g/mol. The van der Waals surface area contributed by atoms with Gasteiger partial charge in [0.15, 0.2) is 0 Å². The van der Waals surface area contributed by atoms with Gasteiger partial charge < -0.3 is 10.6 Å². The van der Waals surface area contributed by atoms with Crippen molar-refractivity contribution >= 4 is 11.8 Å². The third-order valence-corrected chi connectivity index (χ3v) is 4.13. The van der Waals surface area contributed by atoms with Crippen LogP contribution >= 0.6 is 11.8 Å². The maximum Gasteiger partial charge on any atom is 0.0191 e. The van der Waals surface area contributed by atoms with Gasteiger partial charge >= 0.3 is 0 Å². The number of nitrogens with zero attached hydrogens (tertiary/aromatic N) is 1. The fourth-order valence-corrected chi connectivity index (χ4v) is 3.09. The van der Waals surface area contributed by atoms with Crippen molar-refractivity contribution in [2.24, 2.45) is 11.7 Å². The van der Waals surface area contributed by atoms with Crippen LogP contribution in [0.2, 0.25) is 0 Å². The topological polar surface area (TPSA) is 29.3 Å². The smallest absolute Gasteiger partial charge is 0.0191 e. The van der Waals surface area contributed by atoms with Gasteiger partial charge in [-0.05, 0) is 31.7 Å². The first-order chi connectivity index (χ1) is 6.27. The van der Waals surface area contributed by atoms with Crippen molar-refractivity contribution in [3.63, 3.8) is 0 Å². The summed E-state index contributed by atoms with van der Waals surface area (Å²) in [5.41, 5.74) is 5.70. The molecule has 0 saturated carbocycles. The van der Waals surface area contributed by atoms with Crippen molar-refractivity contribution in [1.82, 2.24) is 4.90 Å². The van der Waals surface area contributed by atoms with Gasteiger partial charge in [0.05, 0.1) is 0 Å². The molecular formula is C10H22N2S. The highest BCUT2D eigenvalue weighted by Gasteiger charge is 2.21. The maximum atomic E-state index is 5.70. The van der Waals surface area contributed by atoms with Crippen molar-refractivity contribution in [3.05, 3.63) is 0 Å². The normalized spacial score (nSPS) is 25.4. The van der Waals surface area contributed by atoms with Gasteiger partial charge in [0.1, 0.15) is 0 Å². The number of nitrogens with two attached hydrogens (primary N) is 1. The summed E-state index contributed by atoms with van der Waals surface area (Å²) < 4.78 is 0. The fraction of sp³-hybridized carbons (Fsp3) is 1.00. The second-order valence-electron chi connectivity index (χ2n) is 3.97. The zero-order valence-electron chi connectivity index (χ0n) is 8.83. The van der Waals surface area contributed by atoms with E-state index in [1.165, 1.54) is 30.9 Å². The lowest BCUT2D eigenvalue weighted by molar-refractivity contribution is 0.221. The summed E-state index contributed by atoms with van der Waals surface area (Å²) in [5, 5.41) is 0. The maximum absolute atomic E-state index is 5.70. The molecule has 2 unspecified atom stereocenters. The molecule has 1 aliphatic rings. The van der Waals surface area contributed by atoms with Gasteiger partial charge in [0, 0.05) is 18.3 Å². The van der Waals surface area contributed by atoms with E-state index in [1.807, 2.05) is 0 Å². The fourth-order valence-electron chi connectivity index (χ4n) is 1.80. The van der Waals surface area contributed by atoms with E-state index in [9.17, 15) is 0 Å². The lowest BCUT2D eigenvalue weighted by Gasteiger charge is -2.27. The van der Waals surface area contributed by atoms with E-state index in [0.29, 0.717) is 5.92 Å². The average Bonchev–Trinajstić information content (AvgIpc) is 2.66. The first kappa shape index (κ1) is 11.3. The first-order valence-corrected chi connectivity index (χ1v) is 6.41. The Balaban J connectivity index is 2.25. The summed E-state index contributed by atoms with van der Waals surface area (Å²) >= 11 is 2.08. The first-order valence-electron chi connectivity index (χ1n) is 5.26.